The molecule has 0 aliphatic carbocycles. The van der Waals surface area contributed by atoms with Crippen LogP contribution in [0.1, 0.15) is 41.7 Å². The SMILES string of the molecule is COc1ccc([C@H](O)[C@H]2CO[C@@H](c3ccc(OC)c(OC)c3)[C@H](C/C=C/c3ccccc3)C2)cc1OC. The highest BCUT2D eigenvalue weighted by Crippen LogP contribution is 2.44. The summed E-state index contributed by atoms with van der Waals surface area (Å²) in [5.74, 6) is 2.69. The Bertz CT molecular complexity index is 1180. The second-order valence-electron chi connectivity index (χ2n) is 9.23. The van der Waals surface area contributed by atoms with Crippen LogP contribution in [0.25, 0.3) is 6.08 Å². The molecule has 4 atom stereocenters. The lowest BCUT2D eigenvalue weighted by atomic mass is 9.79. The van der Waals surface area contributed by atoms with Crippen LogP contribution in [-0.4, -0.2) is 40.2 Å². The molecular formula is C31H36O6. The summed E-state index contributed by atoms with van der Waals surface area (Å²) in [6.07, 6.45) is 5.12. The van der Waals surface area contributed by atoms with Crippen molar-refractivity contribution in [3.63, 3.8) is 0 Å². The topological polar surface area (TPSA) is 66.4 Å². The van der Waals surface area contributed by atoms with Gasteiger partial charge in [0, 0.05) is 5.92 Å². The largest absolute Gasteiger partial charge is 0.493 e. The van der Waals surface area contributed by atoms with E-state index in [1.807, 2.05) is 54.6 Å². The molecule has 3 aromatic carbocycles. The van der Waals surface area contributed by atoms with Gasteiger partial charge in [-0.05, 0) is 59.7 Å². The van der Waals surface area contributed by atoms with Crippen LogP contribution in [-0.2, 0) is 4.74 Å². The minimum atomic E-state index is -0.688. The quantitative estimate of drug-likeness (QED) is 0.352. The molecule has 1 fully saturated rings. The van der Waals surface area contributed by atoms with Crippen molar-refractivity contribution in [2.45, 2.75) is 25.0 Å². The minimum absolute atomic E-state index is 0.0652. The summed E-state index contributed by atoms with van der Waals surface area (Å²) in [4.78, 5) is 0. The van der Waals surface area contributed by atoms with E-state index >= 15 is 0 Å². The molecule has 37 heavy (non-hydrogen) atoms. The molecule has 196 valence electrons. The van der Waals surface area contributed by atoms with Gasteiger partial charge in [-0.2, -0.15) is 0 Å². The predicted octanol–water partition coefficient (Wildman–Crippen LogP) is 6.25. The Morgan fingerprint density at radius 3 is 2.16 bits per heavy atom. The van der Waals surface area contributed by atoms with Crippen molar-refractivity contribution < 1.29 is 28.8 Å². The van der Waals surface area contributed by atoms with Gasteiger partial charge in [0.2, 0.25) is 0 Å². The first kappa shape index (κ1) is 26.6. The van der Waals surface area contributed by atoms with E-state index in [0.29, 0.717) is 29.6 Å². The number of aliphatic hydroxyl groups excluding tert-OH is 1. The average molecular weight is 505 g/mol. The maximum absolute atomic E-state index is 11.3. The lowest BCUT2D eigenvalue weighted by molar-refractivity contribution is -0.0901. The third-order valence-electron chi connectivity index (χ3n) is 7.00. The summed E-state index contributed by atoms with van der Waals surface area (Å²) >= 11 is 0. The fourth-order valence-electron chi connectivity index (χ4n) is 5.03. The van der Waals surface area contributed by atoms with Gasteiger partial charge in [0.15, 0.2) is 23.0 Å². The average Bonchev–Trinajstić information content (AvgIpc) is 2.96. The van der Waals surface area contributed by atoms with Gasteiger partial charge in [0.1, 0.15) is 0 Å². The van der Waals surface area contributed by atoms with E-state index in [4.69, 9.17) is 23.7 Å². The molecule has 6 nitrogen and oxygen atoms in total. The lowest BCUT2D eigenvalue weighted by Gasteiger charge is -2.38. The molecule has 0 amide bonds. The monoisotopic (exact) mass is 504 g/mol. The van der Waals surface area contributed by atoms with Gasteiger partial charge in [0.05, 0.1) is 47.3 Å². The van der Waals surface area contributed by atoms with Gasteiger partial charge in [-0.1, -0.05) is 54.6 Å². The lowest BCUT2D eigenvalue weighted by Crippen LogP contribution is -2.32. The van der Waals surface area contributed by atoms with Crippen molar-refractivity contribution in [1.29, 1.82) is 0 Å². The van der Waals surface area contributed by atoms with E-state index in [1.54, 1.807) is 28.4 Å². The molecule has 1 saturated heterocycles. The van der Waals surface area contributed by atoms with Gasteiger partial charge in [-0.25, -0.2) is 0 Å². The van der Waals surface area contributed by atoms with Crippen molar-refractivity contribution >= 4 is 6.08 Å². The first-order chi connectivity index (χ1) is 18.1. The Balaban J connectivity index is 1.58. The standard InChI is InChI=1S/C31H36O6/c1-33-26-15-13-22(18-28(26)35-3)30(32)25-17-23(12-8-11-21-9-6-5-7-10-21)31(37-20-25)24-14-16-27(34-2)29(19-24)36-4/h5-11,13-16,18-19,23,25,30-32H,12,17,20H2,1-4H3/b11-8+/t23-,25-,30+,31-/m1/s1. The van der Waals surface area contributed by atoms with E-state index in [2.05, 4.69) is 24.3 Å². The fraction of sp³-hybridized carbons (Fsp3) is 0.355. The zero-order chi connectivity index (χ0) is 26.2. The Kier molecular flexibility index (Phi) is 9.09. The number of allylic oxidation sites excluding steroid dienone is 1. The number of hydrogen-bond donors (Lipinski definition) is 1. The maximum Gasteiger partial charge on any atom is 0.161 e. The number of methoxy groups -OCH3 is 4. The molecule has 4 rings (SSSR count). The Hall–Kier alpha value is -3.48. The molecule has 0 aromatic heterocycles. The van der Waals surface area contributed by atoms with Crippen LogP contribution in [0.5, 0.6) is 23.0 Å². The van der Waals surface area contributed by atoms with Gasteiger partial charge < -0.3 is 28.8 Å². The summed E-state index contributed by atoms with van der Waals surface area (Å²) < 4.78 is 28.2. The first-order valence-corrected chi connectivity index (χ1v) is 12.5. The zero-order valence-corrected chi connectivity index (χ0v) is 21.9. The Morgan fingerprint density at radius 2 is 1.49 bits per heavy atom. The van der Waals surface area contributed by atoms with Crippen LogP contribution in [0.2, 0.25) is 0 Å². The van der Waals surface area contributed by atoms with Crippen molar-refractivity contribution in [2.24, 2.45) is 11.8 Å². The fourth-order valence-corrected chi connectivity index (χ4v) is 5.03. The first-order valence-electron chi connectivity index (χ1n) is 12.5. The molecular weight excluding hydrogens is 468 g/mol. The van der Waals surface area contributed by atoms with E-state index in [1.165, 1.54) is 0 Å². The van der Waals surface area contributed by atoms with Crippen molar-refractivity contribution in [3.05, 3.63) is 89.5 Å². The van der Waals surface area contributed by atoms with Crippen molar-refractivity contribution in [3.8, 4) is 23.0 Å². The summed E-state index contributed by atoms with van der Waals surface area (Å²) in [5, 5.41) is 11.3. The molecule has 0 saturated carbocycles. The molecule has 3 aromatic rings. The van der Waals surface area contributed by atoms with Gasteiger partial charge in [0.25, 0.3) is 0 Å². The normalized spacial score (nSPS) is 20.4. The smallest absolute Gasteiger partial charge is 0.161 e. The van der Waals surface area contributed by atoms with Crippen molar-refractivity contribution in [2.75, 3.05) is 35.0 Å². The highest BCUT2D eigenvalue weighted by Gasteiger charge is 2.36. The third-order valence-corrected chi connectivity index (χ3v) is 7.00. The second kappa shape index (κ2) is 12.7. The molecule has 6 heteroatoms. The van der Waals surface area contributed by atoms with Gasteiger partial charge in [-0.15, -0.1) is 0 Å². The summed E-state index contributed by atoms with van der Waals surface area (Å²) in [6.45, 7) is 0.438. The van der Waals surface area contributed by atoms with Crippen LogP contribution in [0.3, 0.4) is 0 Å². The van der Waals surface area contributed by atoms with Crippen LogP contribution < -0.4 is 18.9 Å². The van der Waals surface area contributed by atoms with E-state index in [-0.39, 0.29) is 17.9 Å². The summed E-state index contributed by atoms with van der Waals surface area (Å²) in [5.41, 5.74) is 2.98. The van der Waals surface area contributed by atoms with E-state index < -0.39 is 6.10 Å². The Morgan fingerprint density at radius 1 is 0.838 bits per heavy atom. The number of rotatable bonds is 10. The van der Waals surface area contributed by atoms with Gasteiger partial charge in [-0.3, -0.25) is 0 Å². The molecule has 0 bridgehead atoms. The highest BCUT2D eigenvalue weighted by molar-refractivity contribution is 5.49. The number of ether oxygens (including phenoxy) is 5. The maximum atomic E-state index is 11.3. The molecule has 1 aliphatic rings. The number of aliphatic hydroxyl groups is 1. The molecule has 1 N–H and O–H groups in total. The molecule has 0 radical (unpaired) electrons. The van der Waals surface area contributed by atoms with E-state index in [9.17, 15) is 5.11 Å². The summed E-state index contributed by atoms with van der Waals surface area (Å²) in [6, 6.07) is 21.7. The summed E-state index contributed by atoms with van der Waals surface area (Å²) in [7, 11) is 6.47. The van der Waals surface area contributed by atoms with Crippen molar-refractivity contribution in [1.82, 2.24) is 0 Å². The molecule has 1 heterocycles. The van der Waals surface area contributed by atoms with Crippen LogP contribution in [0.15, 0.2) is 72.8 Å². The predicted molar refractivity (Wildman–Crippen MR) is 144 cm³/mol. The van der Waals surface area contributed by atoms with E-state index in [0.717, 1.165) is 29.5 Å². The van der Waals surface area contributed by atoms with Crippen LogP contribution >= 0.6 is 0 Å². The zero-order valence-electron chi connectivity index (χ0n) is 21.9. The Labute approximate surface area is 219 Å². The number of benzene rings is 3. The van der Waals surface area contributed by atoms with Gasteiger partial charge >= 0.3 is 0 Å². The second-order valence-corrected chi connectivity index (χ2v) is 9.23. The minimum Gasteiger partial charge on any atom is -0.493 e. The third kappa shape index (κ3) is 6.27. The number of hydrogen-bond acceptors (Lipinski definition) is 6. The molecule has 0 unspecified atom stereocenters. The van der Waals surface area contributed by atoms with Crippen LogP contribution in [0.4, 0.5) is 0 Å². The van der Waals surface area contributed by atoms with Crippen LogP contribution in [0, 0.1) is 11.8 Å². The molecule has 0 spiro atoms. The highest BCUT2D eigenvalue weighted by atomic mass is 16.5. The molecule has 1 aliphatic heterocycles.